The van der Waals surface area contributed by atoms with E-state index in [9.17, 15) is 5.11 Å². The van der Waals surface area contributed by atoms with Gasteiger partial charge in [0.05, 0.1) is 19.8 Å². The number of unbranched alkanes of at least 4 members (excludes halogenated alkanes) is 32. The summed E-state index contributed by atoms with van der Waals surface area (Å²) in [6.07, 6.45) is 54.9. The highest BCUT2D eigenvalue weighted by Gasteiger charge is 2.15. The molecule has 58 heavy (non-hydrogen) atoms. The Hall–Kier alpha value is -1.22. The molecule has 3 nitrogen and oxygen atoms in total. The molecule has 0 aliphatic heterocycles. The minimum absolute atomic E-state index is 0.0105. The van der Waals surface area contributed by atoms with Gasteiger partial charge in [-0.25, -0.2) is 0 Å². The Bertz CT molecular complexity index is 945. The van der Waals surface area contributed by atoms with Crippen molar-refractivity contribution in [2.75, 3.05) is 13.2 Å². The fourth-order valence-electron chi connectivity index (χ4n) is 8.91. The van der Waals surface area contributed by atoms with Gasteiger partial charge in [0.1, 0.15) is 11.5 Å². The number of hydrogen-bond donors (Lipinski definition) is 1. The molecular formula is C55H104O3. The molecule has 1 aromatic rings. The number of benzene rings is 1. The highest BCUT2D eigenvalue weighted by Crippen LogP contribution is 2.29. The van der Waals surface area contributed by atoms with Crippen LogP contribution in [0.1, 0.15) is 290 Å². The topological polar surface area (TPSA) is 38.7 Å². The lowest BCUT2D eigenvalue weighted by atomic mass is 9.94. The molecule has 0 spiro atoms. The predicted octanol–water partition coefficient (Wildman–Crippen LogP) is 18.9. The Labute approximate surface area is 364 Å². The maximum absolute atomic E-state index is 10.3. The Kier molecular flexibility index (Phi) is 41.4. The molecule has 0 heterocycles. The molecule has 0 bridgehead atoms. The Balaban J connectivity index is 2.70. The van der Waals surface area contributed by atoms with E-state index in [-0.39, 0.29) is 6.61 Å². The summed E-state index contributed by atoms with van der Waals surface area (Å²) >= 11 is 0. The second kappa shape index (κ2) is 43.9. The molecule has 2 unspecified atom stereocenters. The summed E-state index contributed by atoms with van der Waals surface area (Å²) in [4.78, 5) is 0. The van der Waals surface area contributed by atoms with E-state index < -0.39 is 0 Å². The van der Waals surface area contributed by atoms with Gasteiger partial charge in [0, 0.05) is 11.6 Å². The zero-order valence-electron chi connectivity index (χ0n) is 40.1. The van der Waals surface area contributed by atoms with E-state index in [2.05, 4.69) is 39.8 Å². The SMILES string of the molecule is CCCCCCCCCCCCC(CCCCCCCCCC)COc1ccc(CO)c(OCC(CCCCCCCCCC)CCCCCCCCCCCC)c1. The van der Waals surface area contributed by atoms with Crippen molar-refractivity contribution < 1.29 is 14.6 Å². The summed E-state index contributed by atoms with van der Waals surface area (Å²) in [5.74, 6) is 2.94. The van der Waals surface area contributed by atoms with Crippen LogP contribution in [-0.2, 0) is 6.61 Å². The van der Waals surface area contributed by atoms with Crippen molar-refractivity contribution in [1.82, 2.24) is 0 Å². The highest BCUT2D eigenvalue weighted by atomic mass is 16.5. The average Bonchev–Trinajstić information content (AvgIpc) is 3.24. The monoisotopic (exact) mass is 813 g/mol. The van der Waals surface area contributed by atoms with Gasteiger partial charge in [-0.3, -0.25) is 0 Å². The molecule has 0 fully saturated rings. The van der Waals surface area contributed by atoms with Crippen LogP contribution in [0.5, 0.6) is 11.5 Å². The van der Waals surface area contributed by atoms with Crippen LogP contribution in [0.15, 0.2) is 18.2 Å². The Morgan fingerprint density at radius 2 is 0.638 bits per heavy atom. The minimum Gasteiger partial charge on any atom is -0.493 e. The summed E-state index contributed by atoms with van der Waals surface area (Å²) in [6, 6.07) is 6.19. The molecule has 0 aliphatic rings. The van der Waals surface area contributed by atoms with E-state index >= 15 is 0 Å². The average molecular weight is 813 g/mol. The second-order valence-corrected chi connectivity index (χ2v) is 18.8. The lowest BCUT2D eigenvalue weighted by Crippen LogP contribution is -2.14. The van der Waals surface area contributed by atoms with Crippen LogP contribution in [-0.4, -0.2) is 18.3 Å². The van der Waals surface area contributed by atoms with Crippen LogP contribution >= 0.6 is 0 Å². The van der Waals surface area contributed by atoms with Crippen LogP contribution in [0.3, 0.4) is 0 Å². The molecule has 342 valence electrons. The molecule has 1 rings (SSSR count). The fraction of sp³-hybridized carbons (Fsp3) is 0.891. The molecule has 3 heteroatoms. The predicted molar refractivity (Wildman–Crippen MR) is 258 cm³/mol. The van der Waals surface area contributed by atoms with Crippen molar-refractivity contribution in [3.63, 3.8) is 0 Å². The Morgan fingerprint density at radius 3 is 0.931 bits per heavy atom. The normalized spacial score (nSPS) is 12.6. The maximum Gasteiger partial charge on any atom is 0.128 e. The number of hydrogen-bond acceptors (Lipinski definition) is 3. The smallest absolute Gasteiger partial charge is 0.128 e. The maximum atomic E-state index is 10.3. The van der Waals surface area contributed by atoms with Gasteiger partial charge in [-0.05, 0) is 49.7 Å². The van der Waals surface area contributed by atoms with Gasteiger partial charge in [-0.1, -0.05) is 259 Å². The third kappa shape index (κ3) is 34.5. The molecule has 2 atom stereocenters. The van der Waals surface area contributed by atoms with Crippen molar-refractivity contribution >= 4 is 0 Å². The first kappa shape index (κ1) is 54.8. The molecule has 0 aliphatic carbocycles. The number of aliphatic hydroxyl groups is 1. The van der Waals surface area contributed by atoms with Gasteiger partial charge in [-0.2, -0.15) is 0 Å². The van der Waals surface area contributed by atoms with E-state index in [1.54, 1.807) is 0 Å². The van der Waals surface area contributed by atoms with Gasteiger partial charge in [0.25, 0.3) is 0 Å². The molecule has 0 saturated heterocycles. The minimum atomic E-state index is 0.0105. The van der Waals surface area contributed by atoms with E-state index in [0.29, 0.717) is 11.8 Å². The first-order valence-corrected chi connectivity index (χ1v) is 26.7. The van der Waals surface area contributed by atoms with Gasteiger partial charge in [-0.15, -0.1) is 0 Å². The summed E-state index contributed by atoms with van der Waals surface area (Å²) in [5, 5.41) is 10.3. The van der Waals surface area contributed by atoms with Crippen LogP contribution in [0.2, 0.25) is 0 Å². The van der Waals surface area contributed by atoms with Crippen molar-refractivity contribution in [2.24, 2.45) is 11.8 Å². The van der Waals surface area contributed by atoms with Crippen LogP contribution in [0, 0.1) is 11.8 Å². The third-order valence-corrected chi connectivity index (χ3v) is 13.0. The van der Waals surface area contributed by atoms with Gasteiger partial charge in [0.15, 0.2) is 0 Å². The van der Waals surface area contributed by atoms with Crippen LogP contribution < -0.4 is 9.47 Å². The quantitative estimate of drug-likeness (QED) is 0.0666. The van der Waals surface area contributed by atoms with Gasteiger partial charge >= 0.3 is 0 Å². The molecule has 1 aromatic carbocycles. The molecule has 0 amide bonds. The number of aliphatic hydroxyl groups excluding tert-OH is 1. The first-order valence-electron chi connectivity index (χ1n) is 26.7. The van der Waals surface area contributed by atoms with E-state index in [0.717, 1.165) is 30.3 Å². The summed E-state index contributed by atoms with van der Waals surface area (Å²) in [7, 11) is 0. The Morgan fingerprint density at radius 1 is 0.362 bits per heavy atom. The fourth-order valence-corrected chi connectivity index (χ4v) is 8.91. The van der Waals surface area contributed by atoms with Crippen LogP contribution in [0.4, 0.5) is 0 Å². The largest absolute Gasteiger partial charge is 0.493 e. The molecule has 0 aromatic heterocycles. The highest BCUT2D eigenvalue weighted by molar-refractivity contribution is 5.40. The van der Waals surface area contributed by atoms with E-state index in [1.807, 2.05) is 6.07 Å². The molecule has 1 N–H and O–H groups in total. The zero-order chi connectivity index (χ0) is 41.8. The lowest BCUT2D eigenvalue weighted by molar-refractivity contribution is 0.207. The molecule has 0 radical (unpaired) electrons. The van der Waals surface area contributed by atoms with E-state index in [1.165, 1.54) is 257 Å². The molecule has 0 saturated carbocycles. The third-order valence-electron chi connectivity index (χ3n) is 13.0. The van der Waals surface area contributed by atoms with Crippen molar-refractivity contribution in [1.29, 1.82) is 0 Å². The van der Waals surface area contributed by atoms with Gasteiger partial charge in [0.2, 0.25) is 0 Å². The summed E-state index contributed by atoms with van der Waals surface area (Å²) in [6.45, 7) is 10.8. The van der Waals surface area contributed by atoms with Crippen LogP contribution in [0.25, 0.3) is 0 Å². The lowest BCUT2D eigenvalue weighted by Gasteiger charge is -2.21. The number of ether oxygens (including phenoxy) is 2. The summed E-state index contributed by atoms with van der Waals surface area (Å²) in [5.41, 5.74) is 0.887. The van der Waals surface area contributed by atoms with Gasteiger partial charge < -0.3 is 14.6 Å². The summed E-state index contributed by atoms with van der Waals surface area (Å²) < 4.78 is 13.2. The first-order chi connectivity index (χ1) is 28.7. The number of rotatable bonds is 47. The molecular weight excluding hydrogens is 709 g/mol. The standard InChI is InChI=1S/C55H104O3/c1-5-9-13-17-21-25-27-31-35-38-42-51(41-37-33-29-23-19-15-11-7-3)49-57-54-46-45-53(48-56)55(47-54)58-50-52(43-39-34-30-24-20-16-12-8-4)44-40-36-32-28-26-22-18-14-10-6-2/h45-47,51-52,56H,5-44,48-50H2,1-4H3. The van der Waals surface area contributed by atoms with E-state index in [4.69, 9.17) is 9.47 Å². The second-order valence-electron chi connectivity index (χ2n) is 18.8. The zero-order valence-corrected chi connectivity index (χ0v) is 40.1. The van der Waals surface area contributed by atoms with Crippen molar-refractivity contribution in [2.45, 2.75) is 291 Å². The van der Waals surface area contributed by atoms with Crippen molar-refractivity contribution in [3.05, 3.63) is 23.8 Å². The van der Waals surface area contributed by atoms with Crippen molar-refractivity contribution in [3.8, 4) is 11.5 Å².